The summed E-state index contributed by atoms with van der Waals surface area (Å²) in [6.07, 6.45) is 3.55. The molecule has 3 atom stereocenters. The van der Waals surface area contributed by atoms with Crippen molar-refractivity contribution in [3.05, 3.63) is 45.1 Å². The van der Waals surface area contributed by atoms with E-state index in [1.54, 1.807) is 12.1 Å². The number of rotatable bonds is 5. The molecule has 0 saturated heterocycles. The Morgan fingerprint density at radius 1 is 1.11 bits per heavy atom. The first-order valence-corrected chi connectivity index (χ1v) is 12.3. The highest BCUT2D eigenvalue weighted by molar-refractivity contribution is 9.10. The number of nitrogens with zero attached hydrogens (tertiary/aromatic N) is 4. The Bertz CT molecular complexity index is 1230. The predicted molar refractivity (Wildman–Crippen MR) is 133 cm³/mol. The Balaban J connectivity index is 2.33. The van der Waals surface area contributed by atoms with Crippen molar-refractivity contribution in [3.63, 3.8) is 0 Å². The molecular weight excluding hydrogens is 506 g/mol. The van der Waals surface area contributed by atoms with Crippen molar-refractivity contribution < 1.29 is 9.47 Å². The minimum Gasteiger partial charge on any atom is -0.490 e. The zero-order chi connectivity index (χ0) is 26.0. The molecule has 35 heavy (non-hydrogen) atoms. The van der Waals surface area contributed by atoms with E-state index in [9.17, 15) is 15.8 Å². The molecule has 0 unspecified atom stereocenters. The van der Waals surface area contributed by atoms with Gasteiger partial charge in [-0.2, -0.15) is 21.0 Å². The molecule has 0 bridgehead atoms. The molecule has 0 fully saturated rings. The summed E-state index contributed by atoms with van der Waals surface area (Å²) in [6, 6.07) is 12.0. The number of halogens is 1. The third kappa shape index (κ3) is 4.48. The first-order chi connectivity index (χ1) is 16.6. The van der Waals surface area contributed by atoms with Crippen molar-refractivity contribution in [1.29, 1.82) is 21.0 Å². The van der Waals surface area contributed by atoms with Crippen LogP contribution >= 0.6 is 15.9 Å². The van der Waals surface area contributed by atoms with E-state index in [2.05, 4.69) is 61.0 Å². The first-order valence-electron chi connectivity index (χ1n) is 11.5. The monoisotopic (exact) mass is 533 g/mol. The Kier molecular flexibility index (Phi) is 7.50. The maximum atomic E-state index is 10.4. The molecule has 0 aromatic heterocycles. The molecular formula is C27H28BrN5O2. The summed E-state index contributed by atoms with van der Waals surface area (Å²) >= 11 is 3.61. The highest BCUT2D eigenvalue weighted by atomic mass is 79.9. The number of hydrogen-bond acceptors (Lipinski definition) is 7. The molecule has 1 aromatic rings. The van der Waals surface area contributed by atoms with Crippen molar-refractivity contribution in [1.82, 2.24) is 0 Å². The summed E-state index contributed by atoms with van der Waals surface area (Å²) in [5, 5.41) is 39.7. The number of ether oxygens (including phenoxy) is 2. The lowest BCUT2D eigenvalue weighted by Gasteiger charge is -2.47. The first kappa shape index (κ1) is 26.2. The molecule has 2 N–H and O–H groups in total. The van der Waals surface area contributed by atoms with Gasteiger partial charge in [0.25, 0.3) is 0 Å². The van der Waals surface area contributed by atoms with E-state index in [0.717, 1.165) is 12.0 Å². The highest BCUT2D eigenvalue weighted by Crippen LogP contribution is 2.59. The maximum Gasteiger partial charge on any atom is 0.191 e. The molecule has 2 aliphatic rings. The zero-order valence-corrected chi connectivity index (χ0v) is 21.9. The van der Waals surface area contributed by atoms with Crippen LogP contribution in [0.4, 0.5) is 0 Å². The Hall–Kier alpha value is -3.46. The number of hydrogen-bond donors (Lipinski definition) is 1. The third-order valence-corrected chi connectivity index (χ3v) is 7.78. The van der Waals surface area contributed by atoms with Gasteiger partial charge in [0.05, 0.1) is 30.0 Å². The van der Waals surface area contributed by atoms with E-state index < -0.39 is 11.3 Å². The molecule has 0 heterocycles. The minimum absolute atomic E-state index is 0.00323. The van der Waals surface area contributed by atoms with Crippen LogP contribution in [0.15, 0.2) is 39.5 Å². The van der Waals surface area contributed by atoms with E-state index in [1.807, 2.05) is 13.0 Å². The largest absolute Gasteiger partial charge is 0.490 e. The molecule has 2 aliphatic carbocycles. The lowest BCUT2D eigenvalue weighted by Crippen LogP contribution is -2.44. The zero-order valence-electron chi connectivity index (χ0n) is 20.4. The molecule has 0 aliphatic heterocycles. The molecule has 0 amide bonds. The second-order valence-electron chi connectivity index (χ2n) is 9.91. The fraction of sp³-hybridized carbons (Fsp3) is 0.481. The second kappa shape index (κ2) is 10.0. The quantitative estimate of drug-likeness (QED) is 0.517. The molecule has 7 nitrogen and oxygen atoms in total. The van der Waals surface area contributed by atoms with Gasteiger partial charge >= 0.3 is 0 Å². The van der Waals surface area contributed by atoms with Crippen LogP contribution in [0.1, 0.15) is 52.0 Å². The van der Waals surface area contributed by atoms with Gasteiger partial charge in [-0.1, -0.05) is 42.8 Å². The molecule has 8 heteroatoms. The topological polar surface area (TPSA) is 140 Å². The summed E-state index contributed by atoms with van der Waals surface area (Å²) in [5.74, 6) is 0.160. The van der Waals surface area contributed by atoms with E-state index in [-0.39, 0.29) is 35.1 Å². The van der Waals surface area contributed by atoms with Gasteiger partial charge in [-0.25, -0.2) is 0 Å². The van der Waals surface area contributed by atoms with Gasteiger partial charge in [0.2, 0.25) is 0 Å². The molecule has 180 valence electrons. The van der Waals surface area contributed by atoms with Crippen molar-refractivity contribution >= 4 is 15.9 Å². The SMILES string of the molecule is CCOc1cc([C@@H]2[C@@H]3C[C@@H](C(C)(C)C)CC=C3C(C#N)=C(N)C2(C#N)C#N)c(Br)cc1OCC#N. The molecule has 0 radical (unpaired) electrons. The van der Waals surface area contributed by atoms with Crippen LogP contribution < -0.4 is 15.2 Å². The van der Waals surface area contributed by atoms with Crippen LogP contribution in [0.25, 0.3) is 0 Å². The normalized spacial score (nSPS) is 23.0. The third-order valence-electron chi connectivity index (χ3n) is 7.09. The van der Waals surface area contributed by atoms with Gasteiger partial charge < -0.3 is 15.2 Å². The highest BCUT2D eigenvalue weighted by Gasteiger charge is 2.55. The van der Waals surface area contributed by atoms with Gasteiger partial charge in [-0.15, -0.1) is 0 Å². The van der Waals surface area contributed by atoms with Gasteiger partial charge in [-0.3, -0.25) is 0 Å². The molecule has 1 aromatic carbocycles. The van der Waals surface area contributed by atoms with E-state index in [0.29, 0.717) is 34.6 Å². The van der Waals surface area contributed by atoms with E-state index in [1.165, 1.54) is 0 Å². The molecule has 0 saturated carbocycles. The maximum absolute atomic E-state index is 10.4. The van der Waals surface area contributed by atoms with Crippen molar-refractivity contribution in [2.24, 2.45) is 28.4 Å². The van der Waals surface area contributed by atoms with Gasteiger partial charge in [0.15, 0.2) is 23.5 Å². The molecule has 0 spiro atoms. The van der Waals surface area contributed by atoms with E-state index in [4.69, 9.17) is 20.5 Å². The molecule has 3 rings (SSSR count). The number of benzene rings is 1. The van der Waals surface area contributed by atoms with Crippen LogP contribution in [0.2, 0.25) is 0 Å². The van der Waals surface area contributed by atoms with Crippen LogP contribution in [0.5, 0.6) is 11.5 Å². The Morgan fingerprint density at radius 3 is 2.31 bits per heavy atom. The van der Waals surface area contributed by atoms with Crippen molar-refractivity contribution in [3.8, 4) is 35.8 Å². The van der Waals surface area contributed by atoms with Crippen molar-refractivity contribution in [2.45, 2.75) is 46.5 Å². The minimum atomic E-state index is -1.74. The lowest BCUT2D eigenvalue weighted by molar-refractivity contribution is 0.170. The number of nitriles is 4. The summed E-state index contributed by atoms with van der Waals surface area (Å²) in [4.78, 5) is 0. The van der Waals surface area contributed by atoms with Crippen LogP contribution in [-0.4, -0.2) is 13.2 Å². The second-order valence-corrected chi connectivity index (χ2v) is 10.8. The van der Waals surface area contributed by atoms with Crippen molar-refractivity contribution in [2.75, 3.05) is 13.2 Å². The number of nitrogens with two attached hydrogens (primary N) is 1. The fourth-order valence-electron chi connectivity index (χ4n) is 5.22. The Morgan fingerprint density at radius 2 is 1.77 bits per heavy atom. The lowest BCUT2D eigenvalue weighted by atomic mass is 9.54. The average molecular weight is 534 g/mol. The Labute approximate surface area is 215 Å². The standard InChI is InChI=1S/C27H28BrN5O2/c1-5-34-22-11-19(21(28)12-23(22)35-9-8-29)24-18-10-16(26(2,3)4)6-7-17(18)20(13-30)25(33)27(24,14-31)15-32/h7,11-12,16,18,24H,5-6,9-10,33H2,1-4H3/t16-,18+,24-/m0/s1. The van der Waals surface area contributed by atoms with Gasteiger partial charge in [0.1, 0.15) is 12.1 Å². The number of allylic oxidation sites excluding steroid dienone is 4. The van der Waals surface area contributed by atoms with Crippen LogP contribution in [0, 0.1) is 68.0 Å². The summed E-state index contributed by atoms with van der Waals surface area (Å²) in [6.45, 7) is 8.57. The van der Waals surface area contributed by atoms with Gasteiger partial charge in [0, 0.05) is 10.4 Å². The fourth-order valence-corrected chi connectivity index (χ4v) is 5.79. The number of fused-ring (bicyclic) bond motifs is 1. The average Bonchev–Trinajstić information content (AvgIpc) is 2.83. The van der Waals surface area contributed by atoms with E-state index >= 15 is 0 Å². The van der Waals surface area contributed by atoms with Gasteiger partial charge in [-0.05, 0) is 60.3 Å². The predicted octanol–water partition coefficient (Wildman–Crippen LogP) is 5.62. The smallest absolute Gasteiger partial charge is 0.191 e. The summed E-state index contributed by atoms with van der Waals surface area (Å²) in [5.41, 5.74) is 6.40. The van der Waals surface area contributed by atoms with Crippen LogP contribution in [0.3, 0.4) is 0 Å². The van der Waals surface area contributed by atoms with Crippen LogP contribution in [-0.2, 0) is 0 Å². The summed E-state index contributed by atoms with van der Waals surface area (Å²) < 4.78 is 12.0. The summed E-state index contributed by atoms with van der Waals surface area (Å²) in [7, 11) is 0.